The Bertz CT molecular complexity index is 910. The average molecular weight is 362 g/mol. The molecule has 1 aromatic heterocycles. The molecule has 3 aromatic rings. The van der Waals surface area contributed by atoms with Crippen LogP contribution < -0.4 is 15.4 Å². The Kier molecular flexibility index (Phi) is 5.99. The third-order valence-electron chi connectivity index (χ3n) is 4.24. The van der Waals surface area contributed by atoms with Crippen LogP contribution in [-0.2, 0) is 13.1 Å². The highest BCUT2D eigenvalue weighted by Gasteiger charge is 2.09. The van der Waals surface area contributed by atoms with Crippen LogP contribution >= 0.6 is 0 Å². The fraction of sp³-hybridized carbons (Fsp3) is 0.190. The molecule has 0 unspecified atom stereocenters. The minimum Gasteiger partial charge on any atom is -0.496 e. The van der Waals surface area contributed by atoms with Crippen LogP contribution in [-0.4, -0.2) is 23.0 Å². The van der Waals surface area contributed by atoms with E-state index in [2.05, 4.69) is 39.7 Å². The van der Waals surface area contributed by atoms with Crippen LogP contribution in [0, 0.1) is 6.92 Å². The number of amides is 1. The Morgan fingerprint density at radius 1 is 0.963 bits per heavy atom. The molecule has 3 rings (SSSR count). The Balaban J connectivity index is 1.56. The van der Waals surface area contributed by atoms with Crippen LogP contribution in [0.3, 0.4) is 0 Å². The van der Waals surface area contributed by atoms with Gasteiger partial charge in [-0.1, -0.05) is 42.5 Å². The predicted octanol–water partition coefficient (Wildman–Crippen LogP) is 3.34. The van der Waals surface area contributed by atoms with Crippen molar-refractivity contribution in [2.24, 2.45) is 0 Å². The highest BCUT2D eigenvalue weighted by molar-refractivity contribution is 5.92. The van der Waals surface area contributed by atoms with E-state index >= 15 is 0 Å². The van der Waals surface area contributed by atoms with Gasteiger partial charge in [-0.15, -0.1) is 0 Å². The van der Waals surface area contributed by atoms with Gasteiger partial charge < -0.3 is 15.4 Å². The van der Waals surface area contributed by atoms with E-state index in [9.17, 15) is 4.79 Å². The molecule has 2 aromatic carbocycles. The van der Waals surface area contributed by atoms with Crippen LogP contribution in [0.15, 0.2) is 60.9 Å². The number of anilines is 1. The summed E-state index contributed by atoms with van der Waals surface area (Å²) in [6, 6.07) is 15.7. The van der Waals surface area contributed by atoms with E-state index in [1.807, 2.05) is 36.4 Å². The summed E-state index contributed by atoms with van der Waals surface area (Å²) in [6.07, 6.45) is 3.04. The molecular weight excluding hydrogens is 340 g/mol. The number of methoxy groups -OCH3 is 1. The summed E-state index contributed by atoms with van der Waals surface area (Å²) in [5.74, 6) is 1.08. The van der Waals surface area contributed by atoms with Crippen molar-refractivity contribution in [3.63, 3.8) is 0 Å². The molecule has 0 aliphatic heterocycles. The first kappa shape index (κ1) is 18.4. The fourth-order valence-electron chi connectivity index (χ4n) is 2.65. The fourth-order valence-corrected chi connectivity index (χ4v) is 2.65. The molecule has 0 bridgehead atoms. The van der Waals surface area contributed by atoms with Gasteiger partial charge in [0, 0.05) is 18.7 Å². The minimum absolute atomic E-state index is 0.270. The predicted molar refractivity (Wildman–Crippen MR) is 105 cm³/mol. The monoisotopic (exact) mass is 362 g/mol. The molecule has 6 heteroatoms. The molecule has 0 spiro atoms. The second-order valence-electron chi connectivity index (χ2n) is 6.06. The zero-order valence-electron chi connectivity index (χ0n) is 15.4. The third-order valence-corrected chi connectivity index (χ3v) is 4.24. The SMILES string of the molecule is COc1ccccc1CNC(=O)c1cnc(NCc2ccccc2C)cn1. The number of aromatic nitrogens is 2. The molecule has 1 amide bonds. The summed E-state index contributed by atoms with van der Waals surface area (Å²) in [6.45, 7) is 3.08. The lowest BCUT2D eigenvalue weighted by molar-refractivity contribution is 0.0945. The maximum absolute atomic E-state index is 12.3. The number of hydrogen-bond acceptors (Lipinski definition) is 5. The molecule has 0 atom stereocenters. The molecule has 2 N–H and O–H groups in total. The van der Waals surface area contributed by atoms with Crippen LogP contribution in [0.1, 0.15) is 27.2 Å². The molecule has 0 aliphatic carbocycles. The molecule has 0 saturated heterocycles. The second-order valence-corrected chi connectivity index (χ2v) is 6.06. The molecule has 0 aliphatic rings. The van der Waals surface area contributed by atoms with Crippen molar-refractivity contribution in [1.29, 1.82) is 0 Å². The first-order valence-corrected chi connectivity index (χ1v) is 8.68. The molecule has 0 saturated carbocycles. The van der Waals surface area contributed by atoms with Crippen molar-refractivity contribution in [2.75, 3.05) is 12.4 Å². The van der Waals surface area contributed by atoms with Crippen LogP contribution in [0.25, 0.3) is 0 Å². The van der Waals surface area contributed by atoms with Crippen molar-refractivity contribution in [3.8, 4) is 5.75 Å². The standard InChI is InChI=1S/C21H22N4O2/c1-15-7-3-4-8-16(15)11-23-20-14-22-18(13-24-20)21(26)25-12-17-9-5-6-10-19(17)27-2/h3-10,13-14H,11-12H2,1-2H3,(H,23,24)(H,25,26). The van der Waals surface area contributed by atoms with Crippen molar-refractivity contribution >= 4 is 11.7 Å². The summed E-state index contributed by atoms with van der Waals surface area (Å²) in [5.41, 5.74) is 3.58. The van der Waals surface area contributed by atoms with E-state index in [-0.39, 0.29) is 11.6 Å². The van der Waals surface area contributed by atoms with E-state index in [1.54, 1.807) is 13.3 Å². The van der Waals surface area contributed by atoms with Gasteiger partial charge in [-0.2, -0.15) is 0 Å². The van der Waals surface area contributed by atoms with Gasteiger partial charge >= 0.3 is 0 Å². The second kappa shape index (κ2) is 8.80. The van der Waals surface area contributed by atoms with Crippen molar-refractivity contribution in [2.45, 2.75) is 20.0 Å². The topological polar surface area (TPSA) is 76.1 Å². The highest BCUT2D eigenvalue weighted by atomic mass is 16.5. The first-order chi connectivity index (χ1) is 13.2. The van der Waals surface area contributed by atoms with Crippen molar-refractivity contribution in [1.82, 2.24) is 15.3 Å². The largest absolute Gasteiger partial charge is 0.496 e. The number of rotatable bonds is 7. The number of nitrogens with zero attached hydrogens (tertiary/aromatic N) is 2. The summed E-state index contributed by atoms with van der Waals surface area (Å²) < 4.78 is 5.28. The summed E-state index contributed by atoms with van der Waals surface area (Å²) >= 11 is 0. The zero-order valence-corrected chi connectivity index (χ0v) is 15.4. The third kappa shape index (κ3) is 4.82. The molecule has 6 nitrogen and oxygen atoms in total. The number of carbonyl (C=O) groups excluding carboxylic acids is 1. The number of carbonyl (C=O) groups is 1. The summed E-state index contributed by atoms with van der Waals surface area (Å²) in [4.78, 5) is 20.8. The normalized spacial score (nSPS) is 10.3. The smallest absolute Gasteiger partial charge is 0.271 e. The number of ether oxygens (including phenoxy) is 1. The van der Waals surface area contributed by atoms with E-state index in [0.717, 1.165) is 11.3 Å². The number of para-hydroxylation sites is 1. The number of aryl methyl sites for hydroxylation is 1. The Morgan fingerprint density at radius 2 is 1.70 bits per heavy atom. The van der Waals surface area contributed by atoms with E-state index in [1.165, 1.54) is 17.3 Å². The van der Waals surface area contributed by atoms with Gasteiger partial charge in [-0.05, 0) is 24.1 Å². The maximum atomic E-state index is 12.3. The summed E-state index contributed by atoms with van der Waals surface area (Å²) in [7, 11) is 1.61. The molecular formula is C21H22N4O2. The number of benzene rings is 2. The summed E-state index contributed by atoms with van der Waals surface area (Å²) in [5, 5.41) is 6.05. The van der Waals surface area contributed by atoms with Gasteiger partial charge in [0.25, 0.3) is 5.91 Å². The van der Waals surface area contributed by atoms with E-state index < -0.39 is 0 Å². The zero-order chi connectivity index (χ0) is 19.1. The maximum Gasteiger partial charge on any atom is 0.271 e. The number of nitrogens with one attached hydrogen (secondary N) is 2. The van der Waals surface area contributed by atoms with Gasteiger partial charge in [0.15, 0.2) is 0 Å². The number of hydrogen-bond donors (Lipinski definition) is 2. The quantitative estimate of drug-likeness (QED) is 0.674. The highest BCUT2D eigenvalue weighted by Crippen LogP contribution is 2.17. The molecule has 138 valence electrons. The Labute approximate surface area is 158 Å². The molecule has 27 heavy (non-hydrogen) atoms. The van der Waals surface area contributed by atoms with E-state index in [4.69, 9.17) is 4.74 Å². The first-order valence-electron chi connectivity index (χ1n) is 8.68. The average Bonchev–Trinajstić information content (AvgIpc) is 2.72. The van der Waals surface area contributed by atoms with Crippen molar-refractivity contribution in [3.05, 3.63) is 83.3 Å². The molecule has 1 heterocycles. The Morgan fingerprint density at radius 3 is 2.41 bits per heavy atom. The van der Waals surface area contributed by atoms with Gasteiger partial charge in [0.05, 0.1) is 19.5 Å². The van der Waals surface area contributed by atoms with Crippen molar-refractivity contribution < 1.29 is 9.53 Å². The van der Waals surface area contributed by atoms with Gasteiger partial charge in [0.1, 0.15) is 17.3 Å². The van der Waals surface area contributed by atoms with Gasteiger partial charge in [-0.3, -0.25) is 4.79 Å². The molecule has 0 radical (unpaired) electrons. The van der Waals surface area contributed by atoms with Gasteiger partial charge in [-0.25, -0.2) is 9.97 Å². The lowest BCUT2D eigenvalue weighted by Crippen LogP contribution is -2.24. The van der Waals surface area contributed by atoms with Crippen LogP contribution in [0.4, 0.5) is 5.82 Å². The lowest BCUT2D eigenvalue weighted by Gasteiger charge is -2.10. The van der Waals surface area contributed by atoms with Crippen LogP contribution in [0.5, 0.6) is 5.75 Å². The van der Waals surface area contributed by atoms with Crippen LogP contribution in [0.2, 0.25) is 0 Å². The Hall–Kier alpha value is -3.41. The lowest BCUT2D eigenvalue weighted by atomic mass is 10.1. The minimum atomic E-state index is -0.279. The van der Waals surface area contributed by atoms with Gasteiger partial charge in [0.2, 0.25) is 0 Å². The molecule has 0 fully saturated rings. The van der Waals surface area contributed by atoms with E-state index in [0.29, 0.717) is 18.9 Å².